The van der Waals surface area contributed by atoms with Crippen LogP contribution in [-0.4, -0.2) is 36.7 Å². The number of carbonyl (C=O) groups excluding carboxylic acids is 1. The number of carbonyl (C=O) groups is 1. The molecule has 1 unspecified atom stereocenters. The van der Waals surface area contributed by atoms with E-state index in [2.05, 4.69) is 48.5 Å². The molecule has 0 bridgehead atoms. The summed E-state index contributed by atoms with van der Waals surface area (Å²) in [5.74, 6) is 1.84. The van der Waals surface area contributed by atoms with Crippen LogP contribution in [0, 0.1) is 0 Å². The van der Waals surface area contributed by atoms with Crippen LogP contribution in [0.3, 0.4) is 0 Å². The van der Waals surface area contributed by atoms with Crippen LogP contribution < -0.4 is 14.8 Å². The molecule has 33 heavy (non-hydrogen) atoms. The first-order chi connectivity index (χ1) is 16.1. The summed E-state index contributed by atoms with van der Waals surface area (Å²) in [5.41, 5.74) is 2.17. The smallest absolute Gasteiger partial charge is 0.417 e. The summed E-state index contributed by atoms with van der Waals surface area (Å²) < 4.78 is 12.3. The van der Waals surface area contributed by atoms with Gasteiger partial charge in [0.25, 0.3) is 0 Å². The number of rotatable bonds is 8. The van der Waals surface area contributed by atoms with Crippen molar-refractivity contribution in [1.29, 1.82) is 0 Å². The molecule has 1 aliphatic heterocycles. The molecule has 2 aromatic carbocycles. The SMILES string of the molecule is CCCOc1ccc(OC(=O)Nc2ccc3scc(C4CCN(C(C)CC)CC4)c3c2)cc1. The van der Waals surface area contributed by atoms with E-state index in [-0.39, 0.29) is 0 Å². The van der Waals surface area contributed by atoms with Crippen molar-refractivity contribution in [2.75, 3.05) is 25.0 Å². The van der Waals surface area contributed by atoms with Crippen molar-refractivity contribution in [2.24, 2.45) is 0 Å². The van der Waals surface area contributed by atoms with Crippen molar-refractivity contribution in [3.05, 3.63) is 53.4 Å². The Morgan fingerprint density at radius 3 is 2.55 bits per heavy atom. The molecule has 0 spiro atoms. The lowest BCUT2D eigenvalue weighted by Gasteiger charge is -2.35. The van der Waals surface area contributed by atoms with E-state index in [1.807, 2.05) is 18.2 Å². The normalized spacial score (nSPS) is 16.0. The number of nitrogens with zero attached hydrogens (tertiary/aromatic N) is 1. The summed E-state index contributed by atoms with van der Waals surface area (Å²) in [7, 11) is 0. The second kappa shape index (κ2) is 11.0. The highest BCUT2D eigenvalue weighted by Gasteiger charge is 2.25. The summed E-state index contributed by atoms with van der Waals surface area (Å²) in [5, 5.41) is 6.44. The van der Waals surface area contributed by atoms with E-state index in [0.29, 0.717) is 24.3 Å². The van der Waals surface area contributed by atoms with Gasteiger partial charge in [-0.2, -0.15) is 0 Å². The van der Waals surface area contributed by atoms with Gasteiger partial charge in [0, 0.05) is 16.4 Å². The van der Waals surface area contributed by atoms with Gasteiger partial charge >= 0.3 is 6.09 Å². The van der Waals surface area contributed by atoms with Crippen molar-refractivity contribution < 1.29 is 14.3 Å². The van der Waals surface area contributed by atoms with Crippen molar-refractivity contribution >= 4 is 33.2 Å². The lowest BCUT2D eigenvalue weighted by Crippen LogP contribution is -2.39. The van der Waals surface area contributed by atoms with Gasteiger partial charge < -0.3 is 14.4 Å². The maximum Gasteiger partial charge on any atom is 0.417 e. The molecule has 1 fully saturated rings. The number of amides is 1. The Morgan fingerprint density at radius 2 is 1.85 bits per heavy atom. The number of ether oxygens (including phenoxy) is 2. The van der Waals surface area contributed by atoms with Crippen LogP contribution in [0.25, 0.3) is 10.1 Å². The zero-order valence-electron chi connectivity index (χ0n) is 19.8. The van der Waals surface area contributed by atoms with Crippen LogP contribution in [-0.2, 0) is 0 Å². The van der Waals surface area contributed by atoms with Crippen LogP contribution in [0.4, 0.5) is 10.5 Å². The lowest BCUT2D eigenvalue weighted by atomic mass is 9.88. The third-order valence-electron chi connectivity index (χ3n) is 6.54. The van der Waals surface area contributed by atoms with Gasteiger partial charge in [0.15, 0.2) is 0 Å². The number of benzene rings is 2. The number of hydrogen-bond acceptors (Lipinski definition) is 5. The monoisotopic (exact) mass is 466 g/mol. The van der Waals surface area contributed by atoms with Gasteiger partial charge in [-0.3, -0.25) is 5.32 Å². The highest BCUT2D eigenvalue weighted by Crippen LogP contribution is 2.38. The van der Waals surface area contributed by atoms with E-state index >= 15 is 0 Å². The van der Waals surface area contributed by atoms with Crippen molar-refractivity contribution in [2.45, 2.75) is 58.4 Å². The summed E-state index contributed by atoms with van der Waals surface area (Å²) >= 11 is 1.79. The summed E-state index contributed by atoms with van der Waals surface area (Å²) in [4.78, 5) is 15.1. The standard InChI is InChI=1S/C27H34N2O3S/c1-4-16-31-22-7-9-23(10-8-22)32-27(30)28-21-6-11-26-24(17-21)25(18-33-26)20-12-14-29(15-13-20)19(3)5-2/h6-11,17-20H,4-5,12-16H2,1-3H3,(H,28,30). The number of fused-ring (bicyclic) bond motifs is 1. The topological polar surface area (TPSA) is 50.8 Å². The van der Waals surface area contributed by atoms with Gasteiger partial charge in [-0.1, -0.05) is 13.8 Å². The molecule has 2 heterocycles. The summed E-state index contributed by atoms with van der Waals surface area (Å²) in [6, 6.07) is 13.9. The van der Waals surface area contributed by atoms with Crippen molar-refractivity contribution in [1.82, 2.24) is 4.90 Å². The van der Waals surface area contributed by atoms with Gasteiger partial charge in [0.2, 0.25) is 0 Å². The average molecular weight is 467 g/mol. The lowest BCUT2D eigenvalue weighted by molar-refractivity contribution is 0.159. The average Bonchev–Trinajstić information content (AvgIpc) is 3.26. The Hall–Kier alpha value is -2.57. The number of piperidine rings is 1. The molecule has 5 nitrogen and oxygen atoms in total. The molecular formula is C27H34N2O3S. The third-order valence-corrected chi connectivity index (χ3v) is 7.52. The van der Waals surface area contributed by atoms with E-state index in [4.69, 9.17) is 9.47 Å². The van der Waals surface area contributed by atoms with Crippen LogP contribution in [0.5, 0.6) is 11.5 Å². The first kappa shape index (κ1) is 23.6. The highest BCUT2D eigenvalue weighted by atomic mass is 32.1. The van der Waals surface area contributed by atoms with Gasteiger partial charge in [0.05, 0.1) is 6.61 Å². The Morgan fingerprint density at radius 1 is 1.12 bits per heavy atom. The fourth-order valence-electron chi connectivity index (χ4n) is 4.43. The molecule has 176 valence electrons. The molecule has 1 atom stereocenters. The fraction of sp³-hybridized carbons (Fsp3) is 0.444. The maximum absolute atomic E-state index is 12.5. The van der Waals surface area contributed by atoms with E-state index in [0.717, 1.165) is 30.9 Å². The molecule has 0 aliphatic carbocycles. The predicted octanol–water partition coefficient (Wildman–Crippen LogP) is 7.28. The van der Waals surface area contributed by atoms with E-state index < -0.39 is 6.09 Å². The molecular weight excluding hydrogens is 432 g/mol. The maximum atomic E-state index is 12.5. The molecule has 4 rings (SSSR count). The number of nitrogens with one attached hydrogen (secondary N) is 1. The van der Waals surface area contributed by atoms with Crippen LogP contribution in [0.1, 0.15) is 57.9 Å². The van der Waals surface area contributed by atoms with Gasteiger partial charge in [-0.15, -0.1) is 11.3 Å². The molecule has 1 aromatic heterocycles. The number of anilines is 1. The van der Waals surface area contributed by atoms with Crippen molar-refractivity contribution in [3.63, 3.8) is 0 Å². The molecule has 3 aromatic rings. The predicted molar refractivity (Wildman–Crippen MR) is 137 cm³/mol. The quantitative estimate of drug-likeness (QED) is 0.379. The molecule has 0 radical (unpaired) electrons. The largest absolute Gasteiger partial charge is 0.494 e. The molecule has 1 aliphatic rings. The Labute approximate surface area is 200 Å². The molecule has 0 saturated carbocycles. The Kier molecular flexibility index (Phi) is 7.89. The first-order valence-corrected chi connectivity index (χ1v) is 12.9. The zero-order valence-corrected chi connectivity index (χ0v) is 20.6. The van der Waals surface area contributed by atoms with E-state index in [9.17, 15) is 4.79 Å². The zero-order chi connectivity index (χ0) is 23.2. The minimum Gasteiger partial charge on any atom is -0.494 e. The molecule has 6 heteroatoms. The Balaban J connectivity index is 1.39. The first-order valence-electron chi connectivity index (χ1n) is 12.0. The van der Waals surface area contributed by atoms with Crippen molar-refractivity contribution in [3.8, 4) is 11.5 Å². The van der Waals surface area contributed by atoms with Gasteiger partial charge in [-0.05, 0) is 110 Å². The second-order valence-electron chi connectivity index (χ2n) is 8.80. The highest BCUT2D eigenvalue weighted by molar-refractivity contribution is 7.17. The fourth-order valence-corrected chi connectivity index (χ4v) is 5.45. The number of likely N-dealkylation sites (tertiary alicyclic amines) is 1. The molecule has 1 N–H and O–H groups in total. The molecule has 1 amide bonds. The van der Waals surface area contributed by atoms with Crippen LogP contribution in [0.2, 0.25) is 0 Å². The number of hydrogen-bond donors (Lipinski definition) is 1. The summed E-state index contributed by atoms with van der Waals surface area (Å²) in [6.07, 6.45) is 4.04. The minimum absolute atomic E-state index is 0.488. The summed E-state index contributed by atoms with van der Waals surface area (Å²) in [6.45, 7) is 9.64. The van der Waals surface area contributed by atoms with E-state index in [1.165, 1.54) is 34.9 Å². The van der Waals surface area contributed by atoms with Gasteiger partial charge in [-0.25, -0.2) is 4.79 Å². The van der Waals surface area contributed by atoms with Gasteiger partial charge in [0.1, 0.15) is 11.5 Å². The Bertz CT molecular complexity index is 1050. The minimum atomic E-state index is -0.491. The van der Waals surface area contributed by atoms with Crippen LogP contribution >= 0.6 is 11.3 Å². The van der Waals surface area contributed by atoms with Crippen LogP contribution in [0.15, 0.2) is 47.8 Å². The number of thiophene rings is 1. The third kappa shape index (κ3) is 5.87. The molecule has 1 saturated heterocycles. The second-order valence-corrected chi connectivity index (χ2v) is 9.72. The van der Waals surface area contributed by atoms with E-state index in [1.54, 1.807) is 23.5 Å².